The summed E-state index contributed by atoms with van der Waals surface area (Å²) in [6.45, 7) is 3.56. The van der Waals surface area contributed by atoms with Crippen molar-refractivity contribution in [3.8, 4) is 11.3 Å². The minimum Gasteiger partial charge on any atom is -0.449 e. The quantitative estimate of drug-likeness (QED) is 0.600. The van der Waals surface area contributed by atoms with E-state index in [4.69, 9.17) is 16.0 Å². The summed E-state index contributed by atoms with van der Waals surface area (Å²) in [6.07, 6.45) is 2.95. The van der Waals surface area contributed by atoms with Gasteiger partial charge in [0.05, 0.1) is 4.90 Å². The van der Waals surface area contributed by atoms with Gasteiger partial charge in [0.1, 0.15) is 29.3 Å². The fourth-order valence-corrected chi connectivity index (χ4v) is 4.66. The maximum atomic E-state index is 13.0. The summed E-state index contributed by atoms with van der Waals surface area (Å²) in [5, 5.41) is 0.363. The van der Waals surface area contributed by atoms with Gasteiger partial charge in [0.15, 0.2) is 5.89 Å². The molecule has 146 valence electrons. The van der Waals surface area contributed by atoms with Crippen LogP contribution in [0.2, 0.25) is 5.15 Å². The fraction of sp³-hybridized carbons (Fsp3) is 0.278. The second-order valence-electron chi connectivity index (χ2n) is 6.37. The van der Waals surface area contributed by atoms with Crippen LogP contribution in [0, 0.1) is 6.92 Å². The van der Waals surface area contributed by atoms with E-state index in [1.54, 1.807) is 43.5 Å². The number of hydrogen-bond acceptors (Lipinski definition) is 7. The highest BCUT2D eigenvalue weighted by Crippen LogP contribution is 2.24. The molecule has 28 heavy (non-hydrogen) atoms. The third kappa shape index (κ3) is 3.73. The first-order valence-corrected chi connectivity index (χ1v) is 10.5. The Morgan fingerprint density at radius 2 is 1.79 bits per heavy atom. The smallest absolute Gasteiger partial charge is 0.243 e. The number of nitrogens with zero attached hydrogens (tertiary/aromatic N) is 5. The Bertz CT molecular complexity index is 1080. The Labute approximate surface area is 167 Å². The monoisotopic (exact) mass is 419 g/mol. The average Bonchev–Trinajstić information content (AvgIpc) is 3.14. The van der Waals surface area contributed by atoms with Gasteiger partial charge in [-0.1, -0.05) is 23.7 Å². The predicted octanol–water partition coefficient (Wildman–Crippen LogP) is 2.60. The number of piperazine rings is 1. The molecule has 0 aliphatic carbocycles. The lowest BCUT2D eigenvalue weighted by molar-refractivity contribution is 0.384. The summed E-state index contributed by atoms with van der Waals surface area (Å²) in [4.78, 5) is 14.6. The van der Waals surface area contributed by atoms with Crippen LogP contribution in [0.3, 0.4) is 0 Å². The van der Waals surface area contributed by atoms with Gasteiger partial charge in [0.2, 0.25) is 10.0 Å². The maximum absolute atomic E-state index is 13.0. The highest BCUT2D eigenvalue weighted by atomic mass is 35.5. The van der Waals surface area contributed by atoms with E-state index in [0.29, 0.717) is 48.7 Å². The van der Waals surface area contributed by atoms with E-state index in [9.17, 15) is 8.42 Å². The molecule has 0 amide bonds. The lowest BCUT2D eigenvalue weighted by atomic mass is 10.2. The van der Waals surface area contributed by atoms with E-state index >= 15 is 0 Å². The molecular formula is C18H18ClN5O3S. The number of hydrogen-bond donors (Lipinski definition) is 0. The van der Waals surface area contributed by atoms with Crippen molar-refractivity contribution in [3.63, 3.8) is 0 Å². The Kier molecular flexibility index (Phi) is 5.05. The summed E-state index contributed by atoms with van der Waals surface area (Å²) in [5.74, 6) is 1.26. The van der Waals surface area contributed by atoms with Crippen molar-refractivity contribution in [1.82, 2.24) is 19.3 Å². The molecule has 0 spiro atoms. The van der Waals surface area contributed by atoms with Crippen molar-refractivity contribution in [1.29, 1.82) is 0 Å². The van der Waals surface area contributed by atoms with Gasteiger partial charge in [-0.05, 0) is 12.1 Å². The Morgan fingerprint density at radius 3 is 2.39 bits per heavy atom. The second kappa shape index (κ2) is 7.50. The third-order valence-corrected chi connectivity index (χ3v) is 6.71. The number of sulfonamides is 1. The van der Waals surface area contributed by atoms with Gasteiger partial charge in [0, 0.05) is 44.7 Å². The van der Waals surface area contributed by atoms with Gasteiger partial charge < -0.3 is 9.32 Å². The molecule has 3 heterocycles. The standard InChI is InChI=1S/C18H18ClN5O3S/c1-13-22-16(11-27-13)14-2-4-15(5-3-14)28(25,26)24-8-6-23(7-9-24)18-10-17(19)20-12-21-18/h2-5,10-12H,6-9H2,1H3. The minimum atomic E-state index is -3.57. The summed E-state index contributed by atoms with van der Waals surface area (Å²) in [6, 6.07) is 8.36. The van der Waals surface area contributed by atoms with Gasteiger partial charge in [0.25, 0.3) is 0 Å². The van der Waals surface area contributed by atoms with Crippen molar-refractivity contribution >= 4 is 27.4 Å². The number of halogens is 1. The zero-order valence-electron chi connectivity index (χ0n) is 15.1. The Balaban J connectivity index is 1.47. The van der Waals surface area contributed by atoms with E-state index < -0.39 is 10.0 Å². The predicted molar refractivity (Wildman–Crippen MR) is 105 cm³/mol. The maximum Gasteiger partial charge on any atom is 0.243 e. The molecule has 0 atom stereocenters. The van der Waals surface area contributed by atoms with Crippen molar-refractivity contribution in [2.45, 2.75) is 11.8 Å². The number of aromatic nitrogens is 3. The summed E-state index contributed by atoms with van der Waals surface area (Å²) >= 11 is 5.91. The molecule has 3 aromatic rings. The molecule has 4 rings (SSSR count). The highest BCUT2D eigenvalue weighted by Gasteiger charge is 2.29. The van der Waals surface area contributed by atoms with E-state index in [0.717, 1.165) is 5.56 Å². The topological polar surface area (TPSA) is 92.4 Å². The van der Waals surface area contributed by atoms with E-state index in [-0.39, 0.29) is 4.90 Å². The van der Waals surface area contributed by atoms with Crippen molar-refractivity contribution in [2.75, 3.05) is 31.1 Å². The van der Waals surface area contributed by atoms with Crippen LogP contribution in [-0.4, -0.2) is 53.9 Å². The number of aryl methyl sites for hydroxylation is 1. The number of oxazole rings is 1. The van der Waals surface area contributed by atoms with Crippen LogP contribution in [0.5, 0.6) is 0 Å². The van der Waals surface area contributed by atoms with Crippen LogP contribution in [-0.2, 0) is 10.0 Å². The van der Waals surface area contributed by atoms with Gasteiger partial charge in [-0.15, -0.1) is 0 Å². The second-order valence-corrected chi connectivity index (χ2v) is 8.69. The van der Waals surface area contributed by atoms with Crippen molar-refractivity contribution < 1.29 is 12.8 Å². The van der Waals surface area contributed by atoms with E-state index in [1.165, 1.54) is 10.6 Å². The van der Waals surface area contributed by atoms with Crippen LogP contribution in [0.4, 0.5) is 5.82 Å². The number of rotatable bonds is 4. The van der Waals surface area contributed by atoms with Gasteiger partial charge in [-0.2, -0.15) is 4.31 Å². The molecule has 0 bridgehead atoms. The molecule has 1 saturated heterocycles. The van der Waals surface area contributed by atoms with Crippen molar-refractivity contribution in [2.24, 2.45) is 0 Å². The first-order chi connectivity index (χ1) is 13.4. The van der Waals surface area contributed by atoms with Crippen LogP contribution in [0.15, 0.2) is 52.2 Å². The zero-order chi connectivity index (χ0) is 19.7. The third-order valence-electron chi connectivity index (χ3n) is 4.59. The van der Waals surface area contributed by atoms with E-state index in [2.05, 4.69) is 15.0 Å². The van der Waals surface area contributed by atoms with Crippen molar-refractivity contribution in [3.05, 3.63) is 54.0 Å². The summed E-state index contributed by atoms with van der Waals surface area (Å²) < 4.78 is 32.6. The van der Waals surface area contributed by atoms with Gasteiger partial charge in [-0.25, -0.2) is 23.4 Å². The molecule has 1 fully saturated rings. The SMILES string of the molecule is Cc1nc(-c2ccc(S(=O)(=O)N3CCN(c4cc(Cl)ncn4)CC3)cc2)co1. The first-order valence-electron chi connectivity index (χ1n) is 8.69. The molecular weight excluding hydrogens is 402 g/mol. The van der Waals surface area contributed by atoms with Crippen LogP contribution in [0.1, 0.15) is 5.89 Å². The normalized spacial score (nSPS) is 15.7. The Hall–Kier alpha value is -2.49. The zero-order valence-corrected chi connectivity index (χ0v) is 16.7. The molecule has 1 aliphatic rings. The highest BCUT2D eigenvalue weighted by molar-refractivity contribution is 7.89. The summed E-state index contributed by atoms with van der Waals surface area (Å²) in [5.41, 5.74) is 1.49. The van der Waals surface area contributed by atoms with Crippen LogP contribution in [0.25, 0.3) is 11.3 Å². The average molecular weight is 420 g/mol. The van der Waals surface area contributed by atoms with Gasteiger partial charge >= 0.3 is 0 Å². The molecule has 1 aromatic carbocycles. The summed E-state index contributed by atoms with van der Waals surface area (Å²) in [7, 11) is -3.57. The molecule has 0 unspecified atom stereocenters. The number of anilines is 1. The van der Waals surface area contributed by atoms with Crippen LogP contribution < -0.4 is 4.90 Å². The van der Waals surface area contributed by atoms with Gasteiger partial charge in [-0.3, -0.25) is 0 Å². The molecule has 8 nitrogen and oxygen atoms in total. The molecule has 1 aliphatic heterocycles. The van der Waals surface area contributed by atoms with E-state index in [1.807, 2.05) is 4.90 Å². The lowest BCUT2D eigenvalue weighted by Gasteiger charge is -2.34. The number of benzene rings is 1. The molecule has 2 aromatic heterocycles. The fourth-order valence-electron chi connectivity index (χ4n) is 3.10. The molecule has 10 heteroatoms. The minimum absolute atomic E-state index is 0.259. The Morgan fingerprint density at radius 1 is 1.07 bits per heavy atom. The van der Waals surface area contributed by atoms with Crippen LogP contribution >= 0.6 is 11.6 Å². The molecule has 0 radical (unpaired) electrons. The largest absolute Gasteiger partial charge is 0.449 e. The molecule has 0 N–H and O–H groups in total. The molecule has 0 saturated carbocycles. The lowest BCUT2D eigenvalue weighted by Crippen LogP contribution is -2.48. The first kappa shape index (κ1) is 18.9.